The van der Waals surface area contributed by atoms with Crippen molar-refractivity contribution in [1.82, 2.24) is 15.5 Å². The zero-order valence-corrected chi connectivity index (χ0v) is 14.5. The summed E-state index contributed by atoms with van der Waals surface area (Å²) in [5.74, 6) is -0.717. The zero-order valence-electron chi connectivity index (χ0n) is 14.5. The maximum atomic E-state index is 12.3. The number of methoxy groups -OCH3 is 1. The fraction of sp³-hybridized carbons (Fsp3) is 0.824. The molecule has 3 amide bonds. The Kier molecular flexibility index (Phi) is 7.49. The van der Waals surface area contributed by atoms with Crippen molar-refractivity contribution in [3.05, 3.63) is 0 Å². The lowest BCUT2D eigenvalue weighted by atomic mass is 10.1. The van der Waals surface area contributed by atoms with Crippen LogP contribution in [0.5, 0.6) is 0 Å². The van der Waals surface area contributed by atoms with E-state index >= 15 is 0 Å². The quantitative estimate of drug-likeness (QED) is 0.520. The molecule has 2 fully saturated rings. The van der Waals surface area contributed by atoms with Crippen LogP contribution in [-0.2, 0) is 19.1 Å². The second kappa shape index (κ2) is 9.61. The summed E-state index contributed by atoms with van der Waals surface area (Å²) in [4.78, 5) is 38.0. The van der Waals surface area contributed by atoms with E-state index in [-0.39, 0.29) is 42.6 Å². The minimum absolute atomic E-state index is 0.0589. The number of carbonyl (C=O) groups is 3. The average molecular weight is 339 g/mol. The van der Waals surface area contributed by atoms with Gasteiger partial charge in [-0.05, 0) is 12.8 Å². The highest BCUT2D eigenvalue weighted by Gasteiger charge is 2.37. The zero-order chi connectivity index (χ0) is 17.4. The van der Waals surface area contributed by atoms with Gasteiger partial charge in [0.15, 0.2) is 0 Å². The number of nitrogens with zero attached hydrogens (tertiary/aromatic N) is 1. The van der Waals surface area contributed by atoms with E-state index in [0.717, 1.165) is 25.7 Å². The third-order valence-corrected chi connectivity index (χ3v) is 4.85. The van der Waals surface area contributed by atoms with E-state index in [1.165, 1.54) is 12.8 Å². The summed E-state index contributed by atoms with van der Waals surface area (Å²) in [5, 5.41) is 5.29. The largest absolute Gasteiger partial charge is 0.383 e. The topological polar surface area (TPSA) is 87.7 Å². The van der Waals surface area contributed by atoms with Crippen molar-refractivity contribution >= 4 is 17.7 Å². The third kappa shape index (κ3) is 5.47. The van der Waals surface area contributed by atoms with Crippen molar-refractivity contribution in [1.29, 1.82) is 0 Å². The molecule has 1 aliphatic carbocycles. The molecule has 0 aromatic rings. The molecule has 1 saturated heterocycles. The Labute approximate surface area is 143 Å². The summed E-state index contributed by atoms with van der Waals surface area (Å²) >= 11 is 0. The van der Waals surface area contributed by atoms with Crippen molar-refractivity contribution in [2.24, 2.45) is 5.92 Å². The molecule has 2 aliphatic rings. The molecule has 2 rings (SSSR count). The molecule has 0 radical (unpaired) electrons. The van der Waals surface area contributed by atoms with Gasteiger partial charge in [-0.1, -0.05) is 25.7 Å². The molecule has 1 atom stereocenters. The number of likely N-dealkylation sites (tertiary alicyclic amines) is 1. The molecule has 1 heterocycles. The van der Waals surface area contributed by atoms with Gasteiger partial charge in [0.05, 0.1) is 19.1 Å². The molecule has 7 nitrogen and oxygen atoms in total. The lowest BCUT2D eigenvalue weighted by Gasteiger charge is -2.27. The highest BCUT2D eigenvalue weighted by atomic mass is 16.5. The summed E-state index contributed by atoms with van der Waals surface area (Å²) in [7, 11) is 1.56. The minimum atomic E-state index is -0.340. The minimum Gasteiger partial charge on any atom is -0.383 e. The van der Waals surface area contributed by atoms with E-state index in [4.69, 9.17) is 4.74 Å². The maximum Gasteiger partial charge on any atom is 0.239 e. The fourth-order valence-corrected chi connectivity index (χ4v) is 3.50. The summed E-state index contributed by atoms with van der Waals surface area (Å²) in [6.07, 6.45) is 7.14. The summed E-state index contributed by atoms with van der Waals surface area (Å²) in [6.45, 7) is 1.28. The van der Waals surface area contributed by atoms with Crippen molar-refractivity contribution in [3.63, 3.8) is 0 Å². The van der Waals surface area contributed by atoms with E-state index in [1.54, 1.807) is 7.11 Å². The van der Waals surface area contributed by atoms with Crippen LogP contribution in [0, 0.1) is 5.92 Å². The van der Waals surface area contributed by atoms with Gasteiger partial charge in [-0.25, -0.2) is 0 Å². The molecule has 2 N–H and O–H groups in total. The van der Waals surface area contributed by atoms with Crippen LogP contribution in [-0.4, -0.2) is 62.0 Å². The first-order chi connectivity index (χ1) is 11.6. The molecule has 136 valence electrons. The number of ether oxygens (including phenoxy) is 1. The lowest BCUT2D eigenvalue weighted by molar-refractivity contribution is -0.130. The molecule has 0 bridgehead atoms. The fourth-order valence-electron chi connectivity index (χ4n) is 3.50. The highest BCUT2D eigenvalue weighted by molar-refractivity contribution is 5.91. The van der Waals surface area contributed by atoms with Crippen LogP contribution >= 0.6 is 0 Å². The second-order valence-electron chi connectivity index (χ2n) is 6.65. The number of rotatable bonds is 7. The van der Waals surface area contributed by atoms with Gasteiger partial charge >= 0.3 is 0 Å². The van der Waals surface area contributed by atoms with Crippen LogP contribution < -0.4 is 10.6 Å². The first-order valence-electron chi connectivity index (χ1n) is 8.94. The van der Waals surface area contributed by atoms with Crippen molar-refractivity contribution < 1.29 is 19.1 Å². The predicted molar refractivity (Wildman–Crippen MR) is 89.2 cm³/mol. The Morgan fingerprint density at radius 1 is 1.17 bits per heavy atom. The van der Waals surface area contributed by atoms with E-state index in [2.05, 4.69) is 10.6 Å². The predicted octanol–water partition coefficient (Wildman–Crippen LogP) is 0.437. The molecule has 0 unspecified atom stereocenters. The molecular weight excluding hydrogens is 310 g/mol. The molecule has 24 heavy (non-hydrogen) atoms. The van der Waals surface area contributed by atoms with Gasteiger partial charge in [-0.3, -0.25) is 14.4 Å². The summed E-state index contributed by atoms with van der Waals surface area (Å²) in [5.41, 5.74) is 0. The Morgan fingerprint density at radius 2 is 1.88 bits per heavy atom. The number of amides is 3. The van der Waals surface area contributed by atoms with Gasteiger partial charge in [0.2, 0.25) is 17.7 Å². The van der Waals surface area contributed by atoms with Gasteiger partial charge in [0, 0.05) is 32.7 Å². The Balaban J connectivity index is 1.75. The number of hydrogen-bond donors (Lipinski definition) is 2. The van der Waals surface area contributed by atoms with E-state index in [1.807, 2.05) is 4.90 Å². The summed E-state index contributed by atoms with van der Waals surface area (Å²) < 4.78 is 4.84. The first-order valence-corrected chi connectivity index (χ1v) is 8.94. The van der Waals surface area contributed by atoms with Crippen LogP contribution in [0.3, 0.4) is 0 Å². The van der Waals surface area contributed by atoms with Crippen molar-refractivity contribution in [2.45, 2.75) is 51.0 Å². The third-order valence-electron chi connectivity index (χ3n) is 4.85. The van der Waals surface area contributed by atoms with Gasteiger partial charge in [0.25, 0.3) is 0 Å². The van der Waals surface area contributed by atoms with Crippen LogP contribution in [0.1, 0.15) is 44.9 Å². The van der Waals surface area contributed by atoms with Crippen LogP contribution in [0.15, 0.2) is 0 Å². The van der Waals surface area contributed by atoms with E-state index in [9.17, 15) is 14.4 Å². The summed E-state index contributed by atoms with van der Waals surface area (Å²) in [6, 6.07) is 0.287. The van der Waals surface area contributed by atoms with Gasteiger partial charge in [-0.2, -0.15) is 0 Å². The Bertz CT molecular complexity index is 447. The molecule has 0 aromatic carbocycles. The number of hydrogen-bond acceptors (Lipinski definition) is 4. The van der Waals surface area contributed by atoms with Crippen LogP contribution in [0.4, 0.5) is 0 Å². The number of nitrogens with one attached hydrogen (secondary N) is 2. The van der Waals surface area contributed by atoms with Crippen LogP contribution in [0.2, 0.25) is 0 Å². The van der Waals surface area contributed by atoms with E-state index < -0.39 is 0 Å². The number of carbonyl (C=O) groups excluding carboxylic acids is 3. The monoisotopic (exact) mass is 339 g/mol. The smallest absolute Gasteiger partial charge is 0.239 e. The molecule has 1 saturated carbocycles. The van der Waals surface area contributed by atoms with Gasteiger partial charge in [0.1, 0.15) is 0 Å². The van der Waals surface area contributed by atoms with Crippen molar-refractivity contribution in [2.75, 3.05) is 33.4 Å². The highest BCUT2D eigenvalue weighted by Crippen LogP contribution is 2.28. The van der Waals surface area contributed by atoms with Gasteiger partial charge < -0.3 is 20.3 Å². The van der Waals surface area contributed by atoms with Crippen molar-refractivity contribution in [3.8, 4) is 0 Å². The molecule has 0 aromatic heterocycles. The second-order valence-corrected chi connectivity index (χ2v) is 6.65. The molecule has 1 aliphatic heterocycles. The maximum absolute atomic E-state index is 12.3. The van der Waals surface area contributed by atoms with Crippen LogP contribution in [0.25, 0.3) is 0 Å². The standard InChI is InChI=1S/C17H29N3O4/c1-24-9-8-18-15(21)11-19-17(23)13-10-16(22)20(12-13)14-6-4-2-3-5-7-14/h13-14H,2-12H2,1H3,(H,18,21)(H,19,23)/t13-/m1/s1. The molecule has 0 spiro atoms. The van der Waals surface area contributed by atoms with Gasteiger partial charge in [-0.15, -0.1) is 0 Å². The Morgan fingerprint density at radius 3 is 2.54 bits per heavy atom. The first kappa shape index (κ1) is 18.7. The lowest BCUT2D eigenvalue weighted by Crippen LogP contribution is -2.41. The molecular formula is C17H29N3O4. The molecule has 7 heteroatoms. The SMILES string of the molecule is COCCNC(=O)CNC(=O)[C@@H]1CC(=O)N(C2CCCCCC2)C1. The Hall–Kier alpha value is -1.63. The normalized spacial score (nSPS) is 22.3. The average Bonchev–Trinajstić information content (AvgIpc) is 2.78. The van der Waals surface area contributed by atoms with E-state index in [0.29, 0.717) is 19.7 Å².